The van der Waals surface area contributed by atoms with Gasteiger partial charge in [0.25, 0.3) is 11.5 Å². The van der Waals surface area contributed by atoms with Gasteiger partial charge in [-0.25, -0.2) is 9.37 Å². The van der Waals surface area contributed by atoms with Gasteiger partial charge in [0, 0.05) is 19.0 Å². The number of aliphatic carboxylic acids is 1. The number of halogens is 1. The van der Waals surface area contributed by atoms with Crippen LogP contribution >= 0.6 is 0 Å². The average molecular weight is 451 g/mol. The monoisotopic (exact) mass is 451 g/mol. The number of nitrogens with one attached hydrogen (secondary N) is 2. The van der Waals surface area contributed by atoms with E-state index in [2.05, 4.69) is 15.3 Å². The van der Waals surface area contributed by atoms with Crippen LogP contribution in [0.15, 0.2) is 59.5 Å². The number of aromatic nitrogens is 2. The summed E-state index contributed by atoms with van der Waals surface area (Å²) in [4.78, 5) is 53.5. The minimum absolute atomic E-state index is 0.0776. The minimum Gasteiger partial charge on any atom is -0.481 e. The van der Waals surface area contributed by atoms with Crippen LogP contribution in [0.2, 0.25) is 0 Å². The topological polar surface area (TPSA) is 129 Å². The van der Waals surface area contributed by atoms with Crippen LogP contribution in [-0.4, -0.2) is 32.7 Å². The van der Waals surface area contributed by atoms with Gasteiger partial charge in [-0.3, -0.25) is 19.2 Å². The van der Waals surface area contributed by atoms with Crippen LogP contribution in [0.3, 0.4) is 0 Å². The van der Waals surface area contributed by atoms with E-state index < -0.39 is 29.3 Å². The lowest BCUT2D eigenvalue weighted by molar-refractivity contribution is -0.137. The molecule has 0 saturated carbocycles. The fourth-order valence-corrected chi connectivity index (χ4v) is 3.18. The lowest BCUT2D eigenvalue weighted by Gasteiger charge is -2.15. The van der Waals surface area contributed by atoms with Crippen LogP contribution in [0.25, 0.3) is 11.1 Å². The average Bonchev–Trinajstić information content (AvgIpc) is 2.79. The Balaban J connectivity index is 1.64. The highest BCUT2D eigenvalue weighted by Crippen LogP contribution is 2.22. The molecule has 0 spiro atoms. The number of hydrogen-bond donors (Lipinski definition) is 3. The molecule has 33 heavy (non-hydrogen) atoms. The van der Waals surface area contributed by atoms with Crippen molar-refractivity contribution in [1.29, 1.82) is 0 Å². The second-order valence-corrected chi connectivity index (χ2v) is 7.47. The number of Topliss-reactive ketones (excluding diaryl/α,β-unsaturated/α-hetero) is 1. The third-order valence-corrected chi connectivity index (χ3v) is 5.04. The normalized spacial score (nSPS) is 11.6. The second-order valence-electron chi connectivity index (χ2n) is 7.47. The number of rotatable bonds is 9. The number of amides is 1. The van der Waals surface area contributed by atoms with Gasteiger partial charge in [-0.1, -0.05) is 36.4 Å². The molecule has 1 amide bonds. The number of nitrogens with zero attached hydrogens (tertiary/aromatic N) is 1. The summed E-state index contributed by atoms with van der Waals surface area (Å²) in [6.45, 7) is 1.76. The maximum atomic E-state index is 13.1. The number of carboxylic acids is 1. The molecule has 8 nitrogen and oxygen atoms in total. The van der Waals surface area contributed by atoms with E-state index in [1.807, 2.05) is 24.3 Å². The molecular formula is C24H22FN3O5. The van der Waals surface area contributed by atoms with Crippen molar-refractivity contribution in [3.8, 4) is 11.1 Å². The number of carboxylic acid groups (broad SMARTS) is 1. The quantitative estimate of drug-likeness (QED) is 0.427. The maximum Gasteiger partial charge on any atom is 0.303 e. The Bertz CT molecular complexity index is 1220. The predicted molar refractivity (Wildman–Crippen MR) is 118 cm³/mol. The molecular weight excluding hydrogens is 429 g/mol. The van der Waals surface area contributed by atoms with Crippen molar-refractivity contribution in [2.75, 3.05) is 0 Å². The molecule has 3 rings (SSSR count). The third-order valence-electron chi connectivity index (χ3n) is 5.04. The predicted octanol–water partition coefficient (Wildman–Crippen LogP) is 3.50. The molecule has 0 aliphatic heterocycles. The van der Waals surface area contributed by atoms with Gasteiger partial charge in [0.15, 0.2) is 11.6 Å². The maximum absolute atomic E-state index is 13.1. The Kier molecular flexibility index (Phi) is 7.45. The van der Waals surface area contributed by atoms with Crippen LogP contribution in [0.4, 0.5) is 4.39 Å². The number of carbonyl (C=O) groups excluding carboxylic acids is 2. The fraction of sp³-hybridized carbons (Fsp3) is 0.208. The van der Waals surface area contributed by atoms with E-state index in [0.29, 0.717) is 0 Å². The van der Waals surface area contributed by atoms with Crippen molar-refractivity contribution in [3.05, 3.63) is 87.9 Å². The van der Waals surface area contributed by atoms with Gasteiger partial charge >= 0.3 is 5.97 Å². The number of aromatic amines is 1. The molecule has 1 atom stereocenters. The van der Waals surface area contributed by atoms with Gasteiger partial charge in [0.1, 0.15) is 11.4 Å². The van der Waals surface area contributed by atoms with Crippen molar-refractivity contribution >= 4 is 17.7 Å². The first-order valence-electron chi connectivity index (χ1n) is 10.3. The smallest absolute Gasteiger partial charge is 0.303 e. The van der Waals surface area contributed by atoms with Gasteiger partial charge in [-0.2, -0.15) is 0 Å². The van der Waals surface area contributed by atoms with E-state index in [-0.39, 0.29) is 36.5 Å². The van der Waals surface area contributed by atoms with Gasteiger partial charge < -0.3 is 15.4 Å². The van der Waals surface area contributed by atoms with Crippen molar-refractivity contribution in [2.24, 2.45) is 0 Å². The lowest BCUT2D eigenvalue weighted by atomic mass is 10.0. The number of H-pyrrole nitrogens is 1. The molecule has 0 fully saturated rings. The third kappa shape index (κ3) is 6.19. The molecule has 3 aromatic rings. The van der Waals surface area contributed by atoms with Crippen LogP contribution in [-0.2, 0) is 4.79 Å². The van der Waals surface area contributed by atoms with Crippen LogP contribution in [0, 0.1) is 5.82 Å². The summed E-state index contributed by atoms with van der Waals surface area (Å²) in [7, 11) is 0. The Hall–Kier alpha value is -4.14. The molecule has 2 aromatic carbocycles. The van der Waals surface area contributed by atoms with E-state index in [1.54, 1.807) is 19.1 Å². The highest BCUT2D eigenvalue weighted by molar-refractivity contribution is 5.95. The zero-order chi connectivity index (χ0) is 24.0. The Morgan fingerprint density at radius 2 is 1.64 bits per heavy atom. The second kappa shape index (κ2) is 10.4. The summed E-state index contributed by atoms with van der Waals surface area (Å²) < 4.78 is 13.1. The summed E-state index contributed by atoms with van der Waals surface area (Å²) in [5.74, 6) is -2.70. The molecule has 9 heteroatoms. The van der Waals surface area contributed by atoms with Gasteiger partial charge in [-0.15, -0.1) is 0 Å². The van der Waals surface area contributed by atoms with Crippen molar-refractivity contribution in [2.45, 2.75) is 32.2 Å². The summed E-state index contributed by atoms with van der Waals surface area (Å²) in [5, 5.41) is 11.3. The largest absolute Gasteiger partial charge is 0.481 e. The van der Waals surface area contributed by atoms with Gasteiger partial charge in [0.05, 0.1) is 6.04 Å². The molecule has 0 saturated heterocycles. The lowest BCUT2D eigenvalue weighted by Crippen LogP contribution is -2.32. The number of benzene rings is 2. The summed E-state index contributed by atoms with van der Waals surface area (Å²) in [6.07, 6.45) is 0.908. The van der Waals surface area contributed by atoms with Crippen LogP contribution in [0.1, 0.15) is 58.8 Å². The minimum atomic E-state index is -1.02. The van der Waals surface area contributed by atoms with Gasteiger partial charge in [-0.05, 0) is 42.2 Å². The SMILES string of the molecule is CC(NC(=O)c1cnc(C(=O)CCCC(=O)O)[nH]c1=O)c1ccc(-c2ccc(F)cc2)cc1. The Morgan fingerprint density at radius 1 is 1.03 bits per heavy atom. The zero-order valence-corrected chi connectivity index (χ0v) is 17.8. The van der Waals surface area contributed by atoms with Crippen LogP contribution < -0.4 is 10.9 Å². The van der Waals surface area contributed by atoms with E-state index >= 15 is 0 Å². The highest BCUT2D eigenvalue weighted by atomic mass is 19.1. The zero-order valence-electron chi connectivity index (χ0n) is 17.8. The number of hydrogen-bond acceptors (Lipinski definition) is 5. The fourth-order valence-electron chi connectivity index (χ4n) is 3.18. The van der Waals surface area contributed by atoms with Crippen LogP contribution in [0.5, 0.6) is 0 Å². The number of ketones is 1. The summed E-state index contributed by atoms with van der Waals surface area (Å²) in [6, 6.07) is 13.0. The Labute approximate surface area is 188 Å². The standard InChI is InChI=1S/C24H22FN3O5/c1-14(15-5-7-16(8-6-15)17-9-11-18(25)12-10-17)27-23(32)19-13-26-22(28-24(19)33)20(29)3-2-4-21(30)31/h5-14H,2-4H2,1H3,(H,27,32)(H,30,31)(H,26,28,33). The van der Waals surface area contributed by atoms with E-state index in [1.165, 1.54) is 12.1 Å². The first-order valence-corrected chi connectivity index (χ1v) is 10.3. The molecule has 0 aliphatic rings. The molecule has 1 aromatic heterocycles. The van der Waals surface area contributed by atoms with E-state index in [4.69, 9.17) is 5.11 Å². The molecule has 1 unspecified atom stereocenters. The molecule has 170 valence electrons. The number of carbonyl (C=O) groups is 3. The van der Waals surface area contributed by atoms with Crippen molar-refractivity contribution in [3.63, 3.8) is 0 Å². The molecule has 1 heterocycles. The van der Waals surface area contributed by atoms with E-state index in [9.17, 15) is 23.6 Å². The summed E-state index contributed by atoms with van der Waals surface area (Å²) in [5.41, 5.74) is 1.54. The van der Waals surface area contributed by atoms with Crippen molar-refractivity contribution < 1.29 is 23.9 Å². The first kappa shape index (κ1) is 23.5. The molecule has 0 bridgehead atoms. The molecule has 3 N–H and O–H groups in total. The van der Waals surface area contributed by atoms with E-state index in [0.717, 1.165) is 22.9 Å². The molecule has 0 radical (unpaired) electrons. The highest BCUT2D eigenvalue weighted by Gasteiger charge is 2.17. The van der Waals surface area contributed by atoms with Gasteiger partial charge in [0.2, 0.25) is 0 Å². The first-order chi connectivity index (χ1) is 15.7. The van der Waals surface area contributed by atoms with Crippen molar-refractivity contribution in [1.82, 2.24) is 15.3 Å². The summed E-state index contributed by atoms with van der Waals surface area (Å²) >= 11 is 0. The Morgan fingerprint density at radius 3 is 2.21 bits per heavy atom. The molecule has 0 aliphatic carbocycles.